The van der Waals surface area contributed by atoms with Gasteiger partial charge in [0.1, 0.15) is 0 Å². The van der Waals surface area contributed by atoms with Crippen LogP contribution in [0.2, 0.25) is 6.32 Å². The second kappa shape index (κ2) is 7.47. The third-order valence-corrected chi connectivity index (χ3v) is 4.36. The predicted molar refractivity (Wildman–Crippen MR) is 95.3 cm³/mol. The van der Waals surface area contributed by atoms with E-state index in [1.165, 1.54) is 11.3 Å². The first-order chi connectivity index (χ1) is 11.3. The van der Waals surface area contributed by atoms with E-state index in [4.69, 9.17) is 7.85 Å². The molecule has 23 heavy (non-hydrogen) atoms. The molecule has 0 unspecified atom stereocenters. The predicted octanol–water partition coefficient (Wildman–Crippen LogP) is 2.78. The molecule has 0 atom stereocenters. The Kier molecular flexibility index (Phi) is 5.14. The fourth-order valence-electron chi connectivity index (χ4n) is 2.98. The molecule has 2 radical (unpaired) electrons. The van der Waals surface area contributed by atoms with Crippen molar-refractivity contribution in [3.05, 3.63) is 65.7 Å². The van der Waals surface area contributed by atoms with Crippen molar-refractivity contribution in [2.24, 2.45) is 0 Å². The van der Waals surface area contributed by atoms with Gasteiger partial charge in [0, 0.05) is 44.0 Å². The lowest BCUT2D eigenvalue weighted by Gasteiger charge is -2.36. The summed E-state index contributed by atoms with van der Waals surface area (Å²) in [5.74, 6) is -0.00997. The Morgan fingerprint density at radius 1 is 0.913 bits per heavy atom. The quantitative estimate of drug-likeness (QED) is 0.627. The van der Waals surface area contributed by atoms with E-state index in [2.05, 4.69) is 40.1 Å². The summed E-state index contributed by atoms with van der Waals surface area (Å²) in [6, 6.07) is 18.4. The van der Waals surface area contributed by atoms with E-state index in [1.54, 1.807) is 0 Å². The molecule has 1 heterocycles. The summed E-state index contributed by atoms with van der Waals surface area (Å²) in [6.07, 6.45) is 0.0670. The molecule has 0 spiro atoms. The van der Waals surface area contributed by atoms with Crippen molar-refractivity contribution in [2.75, 3.05) is 31.1 Å². The van der Waals surface area contributed by atoms with Crippen LogP contribution in [-0.2, 0) is 6.54 Å². The van der Waals surface area contributed by atoms with Crippen molar-refractivity contribution < 1.29 is 4.79 Å². The average molecular weight is 304 g/mol. The Balaban J connectivity index is 1.55. The maximum atomic E-state index is 11.6. The first-order valence-corrected chi connectivity index (χ1v) is 8.11. The highest BCUT2D eigenvalue weighted by Crippen LogP contribution is 2.19. The third kappa shape index (κ3) is 4.02. The summed E-state index contributed by atoms with van der Waals surface area (Å²) in [4.78, 5) is 16.4. The number of carbonyl (C=O) groups is 1. The second-order valence-corrected chi connectivity index (χ2v) is 5.92. The Bertz CT molecular complexity index is 634. The fraction of sp³-hybridized carbons (Fsp3) is 0.316. The minimum atomic E-state index is -0.00997. The van der Waals surface area contributed by atoms with Gasteiger partial charge < -0.3 is 4.90 Å². The van der Waals surface area contributed by atoms with Crippen LogP contribution in [0.3, 0.4) is 0 Å². The molecule has 0 N–H and O–H groups in total. The fourth-order valence-corrected chi connectivity index (χ4v) is 2.98. The van der Waals surface area contributed by atoms with Gasteiger partial charge in [0.15, 0.2) is 5.78 Å². The maximum Gasteiger partial charge on any atom is 0.154 e. The Labute approximate surface area is 139 Å². The number of Topliss-reactive ketones (excluding diaryl/α,β-unsaturated/α-hetero) is 1. The van der Waals surface area contributed by atoms with Gasteiger partial charge in [-0.05, 0) is 36.1 Å². The smallest absolute Gasteiger partial charge is 0.154 e. The van der Waals surface area contributed by atoms with Crippen molar-refractivity contribution in [3.63, 3.8) is 0 Å². The van der Waals surface area contributed by atoms with E-state index >= 15 is 0 Å². The van der Waals surface area contributed by atoms with Crippen LogP contribution in [0.5, 0.6) is 0 Å². The first kappa shape index (κ1) is 15.8. The van der Waals surface area contributed by atoms with Crippen molar-refractivity contribution >= 4 is 19.3 Å². The molecule has 0 saturated carbocycles. The van der Waals surface area contributed by atoms with Crippen LogP contribution in [0.25, 0.3) is 0 Å². The number of benzene rings is 2. The van der Waals surface area contributed by atoms with Crippen molar-refractivity contribution in [1.29, 1.82) is 0 Å². The second-order valence-electron chi connectivity index (χ2n) is 5.92. The molecule has 4 heteroatoms. The molecular formula is C19H21BN2O. The summed E-state index contributed by atoms with van der Waals surface area (Å²) < 4.78 is 0. The number of nitrogens with zero attached hydrogens (tertiary/aromatic N) is 2. The highest BCUT2D eigenvalue weighted by atomic mass is 16.1. The summed E-state index contributed by atoms with van der Waals surface area (Å²) in [5.41, 5.74) is 3.24. The lowest BCUT2D eigenvalue weighted by Crippen LogP contribution is -2.45. The highest BCUT2D eigenvalue weighted by Gasteiger charge is 2.17. The molecule has 0 amide bonds. The van der Waals surface area contributed by atoms with Crippen molar-refractivity contribution in [2.45, 2.75) is 12.9 Å². The standard InChI is InChI=1S/C19H21BN2O/c20-14-19(23)17-6-8-18(9-7-17)22-12-10-21(11-13-22)15-16-4-2-1-3-5-16/h1-9H,10-15H2. The molecule has 1 aliphatic heterocycles. The van der Waals surface area contributed by atoms with Gasteiger partial charge >= 0.3 is 0 Å². The molecule has 0 aliphatic carbocycles. The molecular weight excluding hydrogens is 283 g/mol. The molecule has 116 valence electrons. The normalized spacial score (nSPS) is 15.6. The molecule has 1 aliphatic rings. The van der Waals surface area contributed by atoms with Gasteiger partial charge in [-0.15, -0.1) is 0 Å². The molecule has 3 rings (SSSR count). The van der Waals surface area contributed by atoms with Crippen molar-refractivity contribution in [1.82, 2.24) is 4.90 Å². The Morgan fingerprint density at radius 3 is 2.17 bits per heavy atom. The van der Waals surface area contributed by atoms with E-state index in [-0.39, 0.29) is 12.1 Å². The lowest BCUT2D eigenvalue weighted by atomic mass is 9.96. The van der Waals surface area contributed by atoms with Gasteiger partial charge in [0.2, 0.25) is 0 Å². The number of rotatable bonds is 5. The maximum absolute atomic E-state index is 11.6. The van der Waals surface area contributed by atoms with E-state index in [9.17, 15) is 4.79 Å². The molecule has 0 aromatic heterocycles. The average Bonchev–Trinajstić information content (AvgIpc) is 2.63. The Hall–Kier alpha value is -2.07. The van der Waals surface area contributed by atoms with E-state index in [1.807, 2.05) is 24.3 Å². The van der Waals surface area contributed by atoms with Gasteiger partial charge in [0.05, 0.1) is 7.85 Å². The van der Waals surface area contributed by atoms with Crippen LogP contribution in [-0.4, -0.2) is 44.7 Å². The van der Waals surface area contributed by atoms with Gasteiger partial charge in [-0.2, -0.15) is 0 Å². The number of carbonyl (C=O) groups excluding carboxylic acids is 1. The third-order valence-electron chi connectivity index (χ3n) is 4.36. The lowest BCUT2D eigenvalue weighted by molar-refractivity contribution is 0.101. The van der Waals surface area contributed by atoms with Crippen LogP contribution in [0.15, 0.2) is 54.6 Å². The first-order valence-electron chi connectivity index (χ1n) is 8.11. The number of hydrogen-bond donors (Lipinski definition) is 0. The minimum Gasteiger partial charge on any atom is -0.369 e. The molecule has 0 bridgehead atoms. The largest absolute Gasteiger partial charge is 0.369 e. The molecule has 2 aromatic rings. The van der Waals surface area contributed by atoms with Crippen LogP contribution in [0.4, 0.5) is 5.69 Å². The van der Waals surface area contributed by atoms with Crippen LogP contribution >= 0.6 is 0 Å². The zero-order chi connectivity index (χ0) is 16.1. The summed E-state index contributed by atoms with van der Waals surface area (Å²) in [7, 11) is 5.40. The van der Waals surface area contributed by atoms with Crippen LogP contribution in [0, 0.1) is 0 Å². The number of ketones is 1. The molecule has 2 aromatic carbocycles. The van der Waals surface area contributed by atoms with E-state index < -0.39 is 0 Å². The molecule has 1 fully saturated rings. The zero-order valence-corrected chi connectivity index (χ0v) is 13.3. The van der Waals surface area contributed by atoms with E-state index in [0.29, 0.717) is 5.56 Å². The number of piperazine rings is 1. The van der Waals surface area contributed by atoms with Gasteiger partial charge in [-0.1, -0.05) is 30.3 Å². The zero-order valence-electron chi connectivity index (χ0n) is 13.3. The summed E-state index contributed by atoms with van der Waals surface area (Å²) in [5, 5.41) is 0. The minimum absolute atomic E-state index is 0.00997. The topological polar surface area (TPSA) is 23.6 Å². The van der Waals surface area contributed by atoms with Gasteiger partial charge in [-0.3, -0.25) is 9.69 Å². The molecule has 3 nitrogen and oxygen atoms in total. The number of hydrogen-bond acceptors (Lipinski definition) is 3. The summed E-state index contributed by atoms with van der Waals surface area (Å²) >= 11 is 0. The van der Waals surface area contributed by atoms with Gasteiger partial charge in [-0.25, -0.2) is 0 Å². The van der Waals surface area contributed by atoms with Crippen LogP contribution in [0.1, 0.15) is 15.9 Å². The van der Waals surface area contributed by atoms with E-state index in [0.717, 1.165) is 32.7 Å². The van der Waals surface area contributed by atoms with Gasteiger partial charge in [0.25, 0.3) is 0 Å². The van der Waals surface area contributed by atoms with Crippen molar-refractivity contribution in [3.8, 4) is 0 Å². The number of anilines is 1. The SMILES string of the molecule is [B]CC(=O)c1ccc(N2CCN(Cc3ccccc3)CC2)cc1. The monoisotopic (exact) mass is 304 g/mol. The Morgan fingerprint density at radius 2 is 1.57 bits per heavy atom. The molecule has 1 saturated heterocycles. The highest BCUT2D eigenvalue weighted by molar-refractivity contribution is 6.24. The van der Waals surface area contributed by atoms with Crippen LogP contribution < -0.4 is 4.90 Å². The summed E-state index contributed by atoms with van der Waals surface area (Å²) in [6.45, 7) is 5.14.